The van der Waals surface area contributed by atoms with Crippen molar-refractivity contribution in [3.8, 4) is 11.8 Å². The van der Waals surface area contributed by atoms with Crippen LogP contribution in [-0.2, 0) is 4.74 Å². The molecule has 0 saturated carbocycles. The Hall–Kier alpha value is -2.24. The molecule has 0 spiro atoms. The highest BCUT2D eigenvalue weighted by molar-refractivity contribution is 6.08. The van der Waals surface area contributed by atoms with Crippen molar-refractivity contribution in [2.45, 2.75) is 39.3 Å². The molecule has 2 nitrogen and oxygen atoms in total. The molecule has 23 heavy (non-hydrogen) atoms. The van der Waals surface area contributed by atoms with Crippen LogP contribution in [0.2, 0.25) is 0 Å². The van der Waals surface area contributed by atoms with Gasteiger partial charge in [-0.3, -0.25) is 0 Å². The Kier molecular flexibility index (Phi) is 3.59. The summed E-state index contributed by atoms with van der Waals surface area (Å²) in [6.07, 6.45) is 3.61. The second kappa shape index (κ2) is 5.76. The highest BCUT2D eigenvalue weighted by Gasteiger charge is 2.21. The van der Waals surface area contributed by atoms with Gasteiger partial charge in [-0.1, -0.05) is 24.1 Å². The number of benzene rings is 2. The van der Waals surface area contributed by atoms with Crippen LogP contribution in [0, 0.1) is 18.8 Å². The molecule has 1 aliphatic heterocycles. The lowest BCUT2D eigenvalue weighted by molar-refractivity contribution is -0.0267. The maximum atomic E-state index is 6.11. The van der Waals surface area contributed by atoms with Gasteiger partial charge >= 0.3 is 0 Å². The Morgan fingerprint density at radius 1 is 1.04 bits per heavy atom. The third-order valence-electron chi connectivity index (χ3n) is 4.67. The van der Waals surface area contributed by atoms with Crippen LogP contribution in [-0.4, -0.2) is 11.2 Å². The Balaban J connectivity index is 2.05. The van der Waals surface area contributed by atoms with Gasteiger partial charge in [-0.15, -0.1) is 5.92 Å². The van der Waals surface area contributed by atoms with Gasteiger partial charge in [0.1, 0.15) is 6.23 Å². The van der Waals surface area contributed by atoms with E-state index in [0.717, 1.165) is 18.6 Å². The van der Waals surface area contributed by atoms with Crippen LogP contribution in [0.5, 0.6) is 0 Å². The van der Waals surface area contributed by atoms with Crippen molar-refractivity contribution in [3.63, 3.8) is 0 Å². The quantitative estimate of drug-likeness (QED) is 0.565. The van der Waals surface area contributed by atoms with Gasteiger partial charge < -0.3 is 9.30 Å². The van der Waals surface area contributed by atoms with Crippen molar-refractivity contribution in [3.05, 3.63) is 47.5 Å². The first-order valence-corrected chi connectivity index (χ1v) is 8.36. The van der Waals surface area contributed by atoms with Crippen molar-refractivity contribution in [2.75, 3.05) is 6.61 Å². The van der Waals surface area contributed by atoms with Crippen LogP contribution in [0.25, 0.3) is 21.8 Å². The highest BCUT2D eigenvalue weighted by Crippen LogP contribution is 2.36. The number of hydrogen-bond acceptors (Lipinski definition) is 1. The zero-order valence-electron chi connectivity index (χ0n) is 13.7. The van der Waals surface area contributed by atoms with E-state index < -0.39 is 0 Å². The maximum absolute atomic E-state index is 6.11. The molecule has 2 aromatic carbocycles. The van der Waals surface area contributed by atoms with Gasteiger partial charge in [0.2, 0.25) is 0 Å². The predicted octanol–water partition coefficient (Wildman–Crippen LogP) is 5.17. The fourth-order valence-electron chi connectivity index (χ4n) is 3.62. The standard InChI is InChI=1S/C21H21NO/c1-3-6-16-9-11-18-17-10-8-15(2)13-19(17)22(20(18)14-16)21-7-4-5-12-23-21/h8-11,13-14,21H,4-5,7,12H2,1-2H3. The zero-order chi connectivity index (χ0) is 15.8. The van der Waals surface area contributed by atoms with Crippen molar-refractivity contribution >= 4 is 21.8 Å². The van der Waals surface area contributed by atoms with Gasteiger partial charge in [0.15, 0.2) is 0 Å². The summed E-state index contributed by atoms with van der Waals surface area (Å²) in [6, 6.07) is 13.2. The largest absolute Gasteiger partial charge is 0.358 e. The third kappa shape index (κ3) is 2.42. The molecule has 1 saturated heterocycles. The molecule has 2 heterocycles. The summed E-state index contributed by atoms with van der Waals surface area (Å²) in [5.41, 5.74) is 4.86. The van der Waals surface area contributed by atoms with E-state index in [2.05, 4.69) is 59.7 Å². The minimum atomic E-state index is 0.135. The molecule has 4 rings (SSSR count). The lowest BCUT2D eigenvalue weighted by Crippen LogP contribution is -2.17. The van der Waals surface area contributed by atoms with Gasteiger partial charge in [0.25, 0.3) is 0 Å². The number of aryl methyl sites for hydroxylation is 1. The van der Waals surface area contributed by atoms with E-state index in [-0.39, 0.29) is 6.23 Å². The van der Waals surface area contributed by atoms with Gasteiger partial charge in [-0.05, 0) is 56.9 Å². The van der Waals surface area contributed by atoms with E-state index in [1.807, 2.05) is 6.92 Å². The molecule has 0 N–H and O–H groups in total. The smallest absolute Gasteiger partial charge is 0.134 e. The van der Waals surface area contributed by atoms with E-state index in [4.69, 9.17) is 4.74 Å². The SMILES string of the molecule is CC#Cc1ccc2c3ccc(C)cc3n(C3CCCCO3)c2c1. The zero-order valence-corrected chi connectivity index (χ0v) is 13.7. The Morgan fingerprint density at radius 3 is 2.57 bits per heavy atom. The van der Waals surface area contributed by atoms with Gasteiger partial charge in [0.05, 0.1) is 11.0 Å². The predicted molar refractivity (Wildman–Crippen MR) is 95.6 cm³/mol. The van der Waals surface area contributed by atoms with Crippen LogP contribution in [0.3, 0.4) is 0 Å². The second-order valence-corrected chi connectivity index (χ2v) is 6.32. The molecule has 0 aliphatic carbocycles. The first kappa shape index (κ1) is 14.4. The number of aromatic nitrogens is 1. The average Bonchev–Trinajstić information content (AvgIpc) is 2.88. The minimum Gasteiger partial charge on any atom is -0.358 e. The fraction of sp³-hybridized carbons (Fsp3) is 0.333. The van der Waals surface area contributed by atoms with Crippen molar-refractivity contribution in [2.24, 2.45) is 0 Å². The number of ether oxygens (including phenoxy) is 1. The molecule has 0 amide bonds. The summed E-state index contributed by atoms with van der Waals surface area (Å²) >= 11 is 0. The molecule has 1 aromatic heterocycles. The third-order valence-corrected chi connectivity index (χ3v) is 4.67. The number of nitrogens with zero attached hydrogens (tertiary/aromatic N) is 1. The average molecular weight is 303 g/mol. The van der Waals surface area contributed by atoms with Gasteiger partial charge in [0, 0.05) is 22.9 Å². The van der Waals surface area contributed by atoms with Crippen molar-refractivity contribution in [1.29, 1.82) is 0 Å². The van der Waals surface area contributed by atoms with Crippen molar-refractivity contribution < 1.29 is 4.74 Å². The summed E-state index contributed by atoms with van der Waals surface area (Å²) in [4.78, 5) is 0. The van der Waals surface area contributed by atoms with Gasteiger partial charge in [-0.2, -0.15) is 0 Å². The molecule has 1 fully saturated rings. The molecule has 2 heteroatoms. The van der Waals surface area contributed by atoms with E-state index in [1.54, 1.807) is 0 Å². The summed E-state index contributed by atoms with van der Waals surface area (Å²) < 4.78 is 8.49. The molecule has 0 radical (unpaired) electrons. The monoisotopic (exact) mass is 303 g/mol. The lowest BCUT2D eigenvalue weighted by Gasteiger charge is -2.25. The maximum Gasteiger partial charge on any atom is 0.134 e. The van der Waals surface area contributed by atoms with E-state index in [9.17, 15) is 0 Å². The van der Waals surface area contributed by atoms with E-state index in [0.29, 0.717) is 0 Å². The van der Waals surface area contributed by atoms with Crippen LogP contribution in [0.4, 0.5) is 0 Å². The topological polar surface area (TPSA) is 14.2 Å². The Labute approximate surface area is 137 Å². The molecular formula is C21H21NO. The van der Waals surface area contributed by atoms with Crippen LogP contribution < -0.4 is 0 Å². The highest BCUT2D eigenvalue weighted by atomic mass is 16.5. The van der Waals surface area contributed by atoms with E-state index in [1.165, 1.54) is 40.2 Å². The van der Waals surface area contributed by atoms with Crippen LogP contribution in [0.15, 0.2) is 36.4 Å². The molecule has 1 unspecified atom stereocenters. The number of hydrogen-bond donors (Lipinski definition) is 0. The molecule has 1 atom stereocenters. The second-order valence-electron chi connectivity index (χ2n) is 6.32. The summed E-state index contributed by atoms with van der Waals surface area (Å²) in [7, 11) is 0. The Morgan fingerprint density at radius 2 is 1.83 bits per heavy atom. The Bertz CT molecular complexity index is 933. The van der Waals surface area contributed by atoms with E-state index >= 15 is 0 Å². The molecular weight excluding hydrogens is 282 g/mol. The summed E-state index contributed by atoms with van der Waals surface area (Å²) in [5.74, 6) is 6.18. The van der Waals surface area contributed by atoms with Crippen molar-refractivity contribution in [1.82, 2.24) is 4.57 Å². The normalized spacial score (nSPS) is 18.1. The summed E-state index contributed by atoms with van der Waals surface area (Å²) in [5, 5.41) is 2.59. The molecule has 1 aliphatic rings. The number of fused-ring (bicyclic) bond motifs is 3. The van der Waals surface area contributed by atoms with Crippen LogP contribution in [0.1, 0.15) is 43.5 Å². The minimum absolute atomic E-state index is 0.135. The first-order chi connectivity index (χ1) is 11.3. The first-order valence-electron chi connectivity index (χ1n) is 8.36. The fourth-order valence-corrected chi connectivity index (χ4v) is 3.62. The molecule has 116 valence electrons. The molecule has 0 bridgehead atoms. The summed E-state index contributed by atoms with van der Waals surface area (Å²) in [6.45, 7) is 4.89. The van der Waals surface area contributed by atoms with Crippen LogP contribution >= 0.6 is 0 Å². The number of rotatable bonds is 1. The van der Waals surface area contributed by atoms with Gasteiger partial charge in [-0.25, -0.2) is 0 Å². The lowest BCUT2D eigenvalue weighted by atomic mass is 10.1. The molecule has 3 aromatic rings.